The van der Waals surface area contributed by atoms with Crippen molar-refractivity contribution in [3.05, 3.63) is 24.3 Å². The summed E-state index contributed by atoms with van der Waals surface area (Å²) in [6, 6.07) is 6.25. The second-order valence-electron chi connectivity index (χ2n) is 4.84. The van der Waals surface area contributed by atoms with Crippen LogP contribution in [0.25, 0.3) is 0 Å². The Balaban J connectivity index is 1.97. The summed E-state index contributed by atoms with van der Waals surface area (Å²) in [5.74, 6) is -0.551. The van der Waals surface area contributed by atoms with Crippen LogP contribution in [0.3, 0.4) is 0 Å². The van der Waals surface area contributed by atoms with Gasteiger partial charge in [-0.3, -0.25) is 14.5 Å². The van der Waals surface area contributed by atoms with Crippen LogP contribution in [0.2, 0.25) is 0 Å². The number of carbonyl (C=O) groups excluding carboxylic acids is 3. The molecule has 7 heteroatoms. The van der Waals surface area contributed by atoms with Crippen molar-refractivity contribution in [1.82, 2.24) is 10.6 Å². The van der Waals surface area contributed by atoms with Gasteiger partial charge in [-0.25, -0.2) is 4.79 Å². The average molecular weight is 290 g/mol. The number of hydrogen-bond acceptors (Lipinski definition) is 3. The molecule has 1 aliphatic heterocycles. The van der Waals surface area contributed by atoms with Gasteiger partial charge in [0, 0.05) is 31.4 Å². The van der Waals surface area contributed by atoms with E-state index in [0.29, 0.717) is 18.8 Å². The number of nitrogens with one attached hydrogen (secondary N) is 3. The standard InChI is InChI=1S/C14H18N4O3/c1-9(16-10(2)19)13(20)17-11-3-5-12(6-4-11)18-8-7-15-14(18)21/h3-6,9H,7-8H2,1-2H3,(H,15,21)(H,16,19)(H,17,20). The van der Waals surface area contributed by atoms with Crippen molar-refractivity contribution in [2.24, 2.45) is 0 Å². The molecule has 0 saturated carbocycles. The number of urea groups is 1. The van der Waals surface area contributed by atoms with Gasteiger partial charge < -0.3 is 16.0 Å². The summed E-state index contributed by atoms with van der Waals surface area (Å²) in [5, 5.41) is 7.94. The van der Waals surface area contributed by atoms with Crippen molar-refractivity contribution in [2.45, 2.75) is 19.9 Å². The Morgan fingerprint density at radius 3 is 2.48 bits per heavy atom. The van der Waals surface area contributed by atoms with Gasteiger partial charge in [-0.2, -0.15) is 0 Å². The molecule has 21 heavy (non-hydrogen) atoms. The van der Waals surface area contributed by atoms with E-state index in [9.17, 15) is 14.4 Å². The summed E-state index contributed by atoms with van der Waals surface area (Å²) in [6.07, 6.45) is 0. The molecule has 0 aromatic heterocycles. The molecule has 1 unspecified atom stereocenters. The van der Waals surface area contributed by atoms with Gasteiger partial charge in [0.1, 0.15) is 6.04 Å². The van der Waals surface area contributed by atoms with E-state index in [1.54, 1.807) is 36.1 Å². The number of rotatable bonds is 4. The fourth-order valence-corrected chi connectivity index (χ4v) is 2.06. The molecule has 1 atom stereocenters. The second kappa shape index (κ2) is 6.25. The van der Waals surface area contributed by atoms with Crippen LogP contribution < -0.4 is 20.9 Å². The first-order valence-corrected chi connectivity index (χ1v) is 6.71. The quantitative estimate of drug-likeness (QED) is 0.761. The number of amides is 4. The first-order valence-electron chi connectivity index (χ1n) is 6.71. The molecule has 1 aliphatic rings. The molecule has 0 radical (unpaired) electrons. The van der Waals surface area contributed by atoms with Crippen LogP contribution in [0.15, 0.2) is 24.3 Å². The summed E-state index contributed by atoms with van der Waals surface area (Å²) in [7, 11) is 0. The van der Waals surface area contributed by atoms with Gasteiger partial charge in [0.2, 0.25) is 11.8 Å². The predicted octanol–water partition coefficient (Wildman–Crippen LogP) is 0.679. The minimum Gasteiger partial charge on any atom is -0.345 e. The summed E-state index contributed by atoms with van der Waals surface area (Å²) in [5.41, 5.74) is 1.39. The molecule has 1 aromatic rings. The normalized spacial score (nSPS) is 15.3. The van der Waals surface area contributed by atoms with Gasteiger partial charge in [-0.05, 0) is 31.2 Å². The lowest BCUT2D eigenvalue weighted by Gasteiger charge is -2.16. The fourth-order valence-electron chi connectivity index (χ4n) is 2.06. The SMILES string of the molecule is CC(=O)NC(C)C(=O)Nc1ccc(N2CCNC2=O)cc1. The van der Waals surface area contributed by atoms with Gasteiger partial charge in [0.15, 0.2) is 0 Å². The molecular formula is C14H18N4O3. The molecule has 112 valence electrons. The summed E-state index contributed by atoms with van der Waals surface area (Å²) in [6.45, 7) is 4.23. The lowest BCUT2D eigenvalue weighted by Crippen LogP contribution is -2.40. The van der Waals surface area contributed by atoms with Crippen LogP contribution in [0.1, 0.15) is 13.8 Å². The maximum absolute atomic E-state index is 11.8. The van der Waals surface area contributed by atoms with E-state index in [1.165, 1.54) is 6.92 Å². The highest BCUT2D eigenvalue weighted by Crippen LogP contribution is 2.19. The molecule has 2 rings (SSSR count). The number of nitrogens with zero attached hydrogens (tertiary/aromatic N) is 1. The first-order chi connectivity index (χ1) is 9.97. The summed E-state index contributed by atoms with van der Waals surface area (Å²) in [4.78, 5) is 35.9. The van der Waals surface area contributed by atoms with Crippen LogP contribution in [-0.4, -0.2) is 37.0 Å². The van der Waals surface area contributed by atoms with E-state index < -0.39 is 6.04 Å². The molecular weight excluding hydrogens is 272 g/mol. The van der Waals surface area contributed by atoms with Crippen molar-refractivity contribution < 1.29 is 14.4 Å². The second-order valence-corrected chi connectivity index (χ2v) is 4.84. The zero-order valence-electron chi connectivity index (χ0n) is 12.0. The number of anilines is 2. The maximum atomic E-state index is 11.8. The predicted molar refractivity (Wildman–Crippen MR) is 79.1 cm³/mol. The Morgan fingerprint density at radius 2 is 1.95 bits per heavy atom. The van der Waals surface area contributed by atoms with Crippen molar-refractivity contribution in [1.29, 1.82) is 0 Å². The minimum absolute atomic E-state index is 0.119. The first kappa shape index (κ1) is 14.8. The lowest BCUT2D eigenvalue weighted by atomic mass is 10.2. The molecule has 4 amide bonds. The average Bonchev–Trinajstić information content (AvgIpc) is 2.85. The highest BCUT2D eigenvalue weighted by atomic mass is 16.2. The van der Waals surface area contributed by atoms with E-state index in [1.807, 2.05) is 0 Å². The van der Waals surface area contributed by atoms with E-state index in [0.717, 1.165) is 5.69 Å². The maximum Gasteiger partial charge on any atom is 0.321 e. The molecule has 0 aliphatic carbocycles. The third-order valence-corrected chi connectivity index (χ3v) is 3.12. The largest absolute Gasteiger partial charge is 0.345 e. The Morgan fingerprint density at radius 1 is 1.29 bits per heavy atom. The van der Waals surface area contributed by atoms with Crippen LogP contribution in [0, 0.1) is 0 Å². The van der Waals surface area contributed by atoms with E-state index in [2.05, 4.69) is 16.0 Å². The van der Waals surface area contributed by atoms with Crippen LogP contribution >= 0.6 is 0 Å². The third-order valence-electron chi connectivity index (χ3n) is 3.12. The molecule has 1 fully saturated rings. The Kier molecular flexibility index (Phi) is 4.42. The monoisotopic (exact) mass is 290 g/mol. The van der Waals surface area contributed by atoms with E-state index >= 15 is 0 Å². The highest BCUT2D eigenvalue weighted by Gasteiger charge is 2.21. The van der Waals surface area contributed by atoms with Gasteiger partial charge in [0.05, 0.1) is 0 Å². The summed E-state index contributed by atoms with van der Waals surface area (Å²) < 4.78 is 0. The molecule has 7 nitrogen and oxygen atoms in total. The van der Waals surface area contributed by atoms with Crippen molar-refractivity contribution in [3.63, 3.8) is 0 Å². The smallest absolute Gasteiger partial charge is 0.321 e. The highest BCUT2D eigenvalue weighted by molar-refractivity contribution is 5.97. The topological polar surface area (TPSA) is 90.5 Å². The zero-order valence-corrected chi connectivity index (χ0v) is 12.0. The molecule has 1 saturated heterocycles. The van der Waals surface area contributed by atoms with Crippen molar-refractivity contribution in [2.75, 3.05) is 23.3 Å². The molecule has 3 N–H and O–H groups in total. The van der Waals surface area contributed by atoms with Crippen molar-refractivity contribution in [3.8, 4) is 0 Å². The van der Waals surface area contributed by atoms with E-state index in [4.69, 9.17) is 0 Å². The molecule has 0 spiro atoms. The van der Waals surface area contributed by atoms with Crippen molar-refractivity contribution >= 4 is 29.2 Å². The van der Waals surface area contributed by atoms with Crippen LogP contribution in [0.4, 0.5) is 16.2 Å². The Bertz CT molecular complexity index is 556. The van der Waals surface area contributed by atoms with Gasteiger partial charge in [-0.1, -0.05) is 0 Å². The number of hydrogen-bond donors (Lipinski definition) is 3. The Labute approximate surface area is 122 Å². The number of carbonyl (C=O) groups is 3. The zero-order chi connectivity index (χ0) is 15.4. The third kappa shape index (κ3) is 3.71. The minimum atomic E-state index is -0.605. The molecule has 0 bridgehead atoms. The van der Waals surface area contributed by atoms with Gasteiger partial charge in [-0.15, -0.1) is 0 Å². The fraction of sp³-hybridized carbons (Fsp3) is 0.357. The van der Waals surface area contributed by atoms with Crippen LogP contribution in [-0.2, 0) is 9.59 Å². The van der Waals surface area contributed by atoms with Gasteiger partial charge >= 0.3 is 6.03 Å². The van der Waals surface area contributed by atoms with Crippen LogP contribution in [0.5, 0.6) is 0 Å². The Hall–Kier alpha value is -2.57. The molecule has 1 aromatic carbocycles. The number of benzene rings is 1. The van der Waals surface area contributed by atoms with E-state index in [-0.39, 0.29) is 17.8 Å². The summed E-state index contributed by atoms with van der Waals surface area (Å²) >= 11 is 0. The molecule has 1 heterocycles. The lowest BCUT2D eigenvalue weighted by molar-refractivity contribution is -0.124. The van der Waals surface area contributed by atoms with Gasteiger partial charge in [0.25, 0.3) is 0 Å².